The Bertz CT molecular complexity index is 539. The maximum absolute atomic E-state index is 12.0. The topological polar surface area (TPSA) is 86.5 Å². The summed E-state index contributed by atoms with van der Waals surface area (Å²) in [6, 6.07) is 3.56. The van der Waals surface area contributed by atoms with E-state index in [4.69, 9.17) is 0 Å². The van der Waals surface area contributed by atoms with Crippen LogP contribution in [0.3, 0.4) is 0 Å². The monoisotopic (exact) mass is 259 g/mol. The van der Waals surface area contributed by atoms with Crippen molar-refractivity contribution >= 4 is 11.7 Å². The molecule has 1 aliphatic carbocycles. The number of nitrogens with one attached hydrogen (secondary N) is 3. The highest BCUT2D eigenvalue weighted by Gasteiger charge is 2.19. The predicted octanol–water partition coefficient (Wildman–Crippen LogP) is 2.43. The molecule has 2 aromatic heterocycles. The van der Waals surface area contributed by atoms with Crippen LogP contribution in [0.15, 0.2) is 18.3 Å². The summed E-state index contributed by atoms with van der Waals surface area (Å²) in [5.41, 5.74) is 1.50. The molecule has 1 saturated carbocycles. The van der Waals surface area contributed by atoms with Crippen molar-refractivity contribution in [3.05, 3.63) is 29.7 Å². The van der Waals surface area contributed by atoms with Gasteiger partial charge in [0, 0.05) is 17.7 Å². The third-order valence-electron chi connectivity index (χ3n) is 3.62. The van der Waals surface area contributed by atoms with Gasteiger partial charge in [-0.2, -0.15) is 10.2 Å². The number of aromatic nitrogens is 4. The third-order valence-corrected chi connectivity index (χ3v) is 3.62. The molecule has 3 N–H and O–H groups in total. The summed E-state index contributed by atoms with van der Waals surface area (Å²) in [5, 5.41) is 16.3. The van der Waals surface area contributed by atoms with E-state index in [-0.39, 0.29) is 5.91 Å². The Labute approximate surface area is 111 Å². The molecule has 1 aliphatic rings. The van der Waals surface area contributed by atoms with E-state index in [1.807, 2.05) is 6.07 Å². The Morgan fingerprint density at radius 1 is 1.26 bits per heavy atom. The van der Waals surface area contributed by atoms with E-state index in [2.05, 4.69) is 25.7 Å². The summed E-state index contributed by atoms with van der Waals surface area (Å²) in [6.45, 7) is 0. The SMILES string of the molecule is O=C(Nc1ccn[nH]1)c1cc(C2CCCCC2)[nH]n1. The number of anilines is 1. The minimum Gasteiger partial charge on any atom is -0.306 e. The van der Waals surface area contributed by atoms with Crippen LogP contribution in [0.4, 0.5) is 5.82 Å². The van der Waals surface area contributed by atoms with Gasteiger partial charge in [0.25, 0.3) is 5.91 Å². The summed E-state index contributed by atoms with van der Waals surface area (Å²) < 4.78 is 0. The first-order valence-electron chi connectivity index (χ1n) is 6.69. The van der Waals surface area contributed by atoms with Crippen LogP contribution in [-0.2, 0) is 0 Å². The fourth-order valence-electron chi connectivity index (χ4n) is 2.59. The van der Waals surface area contributed by atoms with Crippen LogP contribution in [0, 0.1) is 0 Å². The van der Waals surface area contributed by atoms with E-state index < -0.39 is 0 Å². The molecule has 0 saturated heterocycles. The fraction of sp³-hybridized carbons (Fsp3) is 0.462. The third kappa shape index (κ3) is 2.67. The van der Waals surface area contributed by atoms with Gasteiger partial charge in [0.1, 0.15) is 5.82 Å². The first-order valence-corrected chi connectivity index (χ1v) is 6.69. The first kappa shape index (κ1) is 12.0. The van der Waals surface area contributed by atoms with Crippen molar-refractivity contribution in [3.8, 4) is 0 Å². The maximum Gasteiger partial charge on any atom is 0.277 e. The van der Waals surface area contributed by atoms with Crippen molar-refractivity contribution in [3.63, 3.8) is 0 Å². The van der Waals surface area contributed by atoms with E-state index in [1.54, 1.807) is 12.3 Å². The van der Waals surface area contributed by atoms with Crippen molar-refractivity contribution in [2.75, 3.05) is 5.32 Å². The quantitative estimate of drug-likeness (QED) is 0.791. The molecule has 0 atom stereocenters. The van der Waals surface area contributed by atoms with Crippen molar-refractivity contribution in [2.24, 2.45) is 0 Å². The molecular formula is C13H17N5O. The van der Waals surface area contributed by atoms with E-state index in [1.165, 1.54) is 32.1 Å². The van der Waals surface area contributed by atoms with Crippen LogP contribution < -0.4 is 5.32 Å². The second-order valence-electron chi connectivity index (χ2n) is 4.97. The number of carbonyl (C=O) groups excluding carboxylic acids is 1. The summed E-state index contributed by atoms with van der Waals surface area (Å²) >= 11 is 0. The molecule has 0 aliphatic heterocycles. The van der Waals surface area contributed by atoms with E-state index in [0.717, 1.165) is 5.69 Å². The van der Waals surface area contributed by atoms with Gasteiger partial charge in [0.2, 0.25) is 0 Å². The number of rotatable bonds is 3. The molecule has 6 nitrogen and oxygen atoms in total. The summed E-state index contributed by atoms with van der Waals surface area (Å²) in [4.78, 5) is 12.0. The zero-order valence-corrected chi connectivity index (χ0v) is 10.6. The van der Waals surface area contributed by atoms with Crippen molar-refractivity contribution in [1.29, 1.82) is 0 Å². The number of nitrogens with zero attached hydrogens (tertiary/aromatic N) is 2. The second kappa shape index (κ2) is 5.26. The molecule has 1 fully saturated rings. The highest BCUT2D eigenvalue weighted by Crippen LogP contribution is 2.31. The fourth-order valence-corrected chi connectivity index (χ4v) is 2.59. The molecule has 6 heteroatoms. The number of hydrogen-bond acceptors (Lipinski definition) is 3. The van der Waals surface area contributed by atoms with Gasteiger partial charge in [-0.05, 0) is 18.9 Å². The standard InChI is InChI=1S/C13H17N5O/c19-13(15-12-6-7-14-18-12)11-8-10(16-17-11)9-4-2-1-3-5-9/h6-9H,1-5H2,(H,16,17)(H2,14,15,18,19). The molecule has 0 radical (unpaired) electrons. The van der Waals surface area contributed by atoms with E-state index in [9.17, 15) is 4.79 Å². The molecule has 100 valence electrons. The Kier molecular flexibility index (Phi) is 3.31. The van der Waals surface area contributed by atoms with Crippen LogP contribution >= 0.6 is 0 Å². The van der Waals surface area contributed by atoms with Crippen LogP contribution in [0.1, 0.15) is 54.2 Å². The lowest BCUT2D eigenvalue weighted by Crippen LogP contribution is -2.12. The van der Waals surface area contributed by atoms with Gasteiger partial charge in [-0.15, -0.1) is 0 Å². The molecule has 0 unspecified atom stereocenters. The van der Waals surface area contributed by atoms with Gasteiger partial charge in [-0.3, -0.25) is 15.0 Å². The first-order chi connectivity index (χ1) is 9.33. The lowest BCUT2D eigenvalue weighted by Gasteiger charge is -2.19. The lowest BCUT2D eigenvalue weighted by atomic mass is 9.87. The molecule has 0 bridgehead atoms. The highest BCUT2D eigenvalue weighted by atomic mass is 16.2. The average Bonchev–Trinajstić information content (AvgIpc) is 3.10. The zero-order valence-electron chi connectivity index (χ0n) is 10.6. The average molecular weight is 259 g/mol. The smallest absolute Gasteiger partial charge is 0.277 e. The van der Waals surface area contributed by atoms with Crippen molar-refractivity contribution < 1.29 is 4.79 Å². The summed E-state index contributed by atoms with van der Waals surface area (Å²) in [7, 11) is 0. The van der Waals surface area contributed by atoms with Crippen molar-refractivity contribution in [2.45, 2.75) is 38.0 Å². The van der Waals surface area contributed by atoms with Gasteiger partial charge in [-0.1, -0.05) is 19.3 Å². The molecule has 3 rings (SSSR count). The van der Waals surface area contributed by atoms with Crippen LogP contribution in [0.25, 0.3) is 0 Å². The van der Waals surface area contributed by atoms with Crippen LogP contribution in [0.5, 0.6) is 0 Å². The van der Waals surface area contributed by atoms with Crippen LogP contribution in [0.2, 0.25) is 0 Å². The van der Waals surface area contributed by atoms with Gasteiger partial charge >= 0.3 is 0 Å². The van der Waals surface area contributed by atoms with E-state index in [0.29, 0.717) is 17.4 Å². The van der Waals surface area contributed by atoms with Gasteiger partial charge in [-0.25, -0.2) is 0 Å². The number of H-pyrrole nitrogens is 2. The normalized spacial score (nSPS) is 16.4. The molecule has 2 aromatic rings. The van der Waals surface area contributed by atoms with Crippen LogP contribution in [-0.4, -0.2) is 26.3 Å². The Morgan fingerprint density at radius 2 is 2.11 bits per heavy atom. The summed E-state index contributed by atoms with van der Waals surface area (Å²) in [5.74, 6) is 0.879. The Hall–Kier alpha value is -2.11. The predicted molar refractivity (Wildman–Crippen MR) is 71.0 cm³/mol. The number of carbonyl (C=O) groups is 1. The molecule has 1 amide bonds. The lowest BCUT2D eigenvalue weighted by molar-refractivity contribution is 0.102. The minimum atomic E-state index is -0.220. The maximum atomic E-state index is 12.0. The van der Waals surface area contributed by atoms with E-state index >= 15 is 0 Å². The Balaban J connectivity index is 1.68. The second-order valence-corrected chi connectivity index (χ2v) is 4.97. The molecule has 0 spiro atoms. The molecular weight excluding hydrogens is 242 g/mol. The zero-order chi connectivity index (χ0) is 13.1. The van der Waals surface area contributed by atoms with Gasteiger partial charge in [0.05, 0.1) is 6.20 Å². The number of amides is 1. The molecule has 2 heterocycles. The van der Waals surface area contributed by atoms with Gasteiger partial charge < -0.3 is 5.32 Å². The number of aromatic amines is 2. The minimum absolute atomic E-state index is 0.220. The van der Waals surface area contributed by atoms with Crippen molar-refractivity contribution in [1.82, 2.24) is 20.4 Å². The summed E-state index contributed by atoms with van der Waals surface area (Å²) in [6.07, 6.45) is 7.80. The van der Waals surface area contributed by atoms with Gasteiger partial charge in [0.15, 0.2) is 5.69 Å². The molecule has 19 heavy (non-hydrogen) atoms. The highest BCUT2D eigenvalue weighted by molar-refractivity contribution is 6.02. The number of hydrogen-bond donors (Lipinski definition) is 3. The Morgan fingerprint density at radius 3 is 2.84 bits per heavy atom. The largest absolute Gasteiger partial charge is 0.306 e. The molecule has 0 aromatic carbocycles.